The first-order chi connectivity index (χ1) is 12.4. The molecule has 0 aromatic heterocycles. The molecule has 2 aliphatic rings. The van der Waals surface area contributed by atoms with Crippen LogP contribution in [0.25, 0.3) is 0 Å². The van der Waals surface area contributed by atoms with E-state index in [1.165, 1.54) is 12.5 Å². The molecule has 0 radical (unpaired) electrons. The lowest BCUT2D eigenvalue weighted by Gasteiger charge is -2.29. The van der Waals surface area contributed by atoms with Gasteiger partial charge in [-0.25, -0.2) is 9.18 Å². The molecule has 26 heavy (non-hydrogen) atoms. The number of nitrogens with one attached hydrogen (secondary N) is 3. The molecular formula is C18H23FN4O3. The fourth-order valence-electron chi connectivity index (χ4n) is 3.32. The predicted molar refractivity (Wildman–Crippen MR) is 95.4 cm³/mol. The van der Waals surface area contributed by atoms with Crippen LogP contribution in [0.1, 0.15) is 39.0 Å². The summed E-state index contributed by atoms with van der Waals surface area (Å²) in [7, 11) is 0. The third kappa shape index (κ3) is 3.95. The van der Waals surface area contributed by atoms with Gasteiger partial charge in [0.15, 0.2) is 0 Å². The van der Waals surface area contributed by atoms with Crippen molar-refractivity contribution in [2.24, 2.45) is 0 Å². The summed E-state index contributed by atoms with van der Waals surface area (Å²) >= 11 is 0. The molecule has 2 heterocycles. The maximum atomic E-state index is 14.4. The van der Waals surface area contributed by atoms with Crippen LogP contribution >= 0.6 is 0 Å². The second kappa shape index (κ2) is 7.31. The van der Waals surface area contributed by atoms with E-state index in [9.17, 15) is 18.8 Å². The van der Waals surface area contributed by atoms with Crippen LogP contribution in [0.15, 0.2) is 18.2 Å². The van der Waals surface area contributed by atoms with E-state index in [1.54, 1.807) is 19.1 Å². The Kier molecular flexibility index (Phi) is 5.11. The molecule has 3 N–H and O–H groups in total. The Balaban J connectivity index is 1.56. The number of hydrogen-bond acceptors (Lipinski definition) is 4. The number of urea groups is 1. The first-order valence-corrected chi connectivity index (χ1v) is 8.85. The lowest BCUT2D eigenvalue weighted by Crippen LogP contribution is -2.44. The monoisotopic (exact) mass is 362 g/mol. The van der Waals surface area contributed by atoms with E-state index in [0.717, 1.165) is 25.9 Å². The Bertz CT molecular complexity index is 733. The number of piperidine rings is 1. The maximum Gasteiger partial charge on any atom is 0.322 e. The van der Waals surface area contributed by atoms with Gasteiger partial charge in [-0.05, 0) is 50.8 Å². The Hall–Kier alpha value is -2.64. The lowest BCUT2D eigenvalue weighted by atomic mass is 9.96. The van der Waals surface area contributed by atoms with Gasteiger partial charge in [-0.1, -0.05) is 0 Å². The van der Waals surface area contributed by atoms with Gasteiger partial charge >= 0.3 is 6.03 Å². The summed E-state index contributed by atoms with van der Waals surface area (Å²) in [6, 6.07) is 4.11. The number of halogens is 1. The Morgan fingerprint density at radius 3 is 2.62 bits per heavy atom. The third-order valence-corrected chi connectivity index (χ3v) is 4.90. The van der Waals surface area contributed by atoms with Gasteiger partial charge in [0.05, 0.1) is 5.69 Å². The first kappa shape index (κ1) is 18.2. The van der Waals surface area contributed by atoms with E-state index in [2.05, 4.69) is 16.0 Å². The van der Waals surface area contributed by atoms with Gasteiger partial charge < -0.3 is 15.5 Å². The van der Waals surface area contributed by atoms with Crippen LogP contribution in [0.5, 0.6) is 0 Å². The van der Waals surface area contributed by atoms with Gasteiger partial charge in [-0.15, -0.1) is 0 Å². The molecule has 0 spiro atoms. The van der Waals surface area contributed by atoms with Crippen molar-refractivity contribution in [2.45, 2.75) is 44.6 Å². The summed E-state index contributed by atoms with van der Waals surface area (Å²) in [4.78, 5) is 37.1. The summed E-state index contributed by atoms with van der Waals surface area (Å²) in [5.41, 5.74) is -0.170. The molecule has 140 valence electrons. The van der Waals surface area contributed by atoms with Crippen molar-refractivity contribution in [1.29, 1.82) is 0 Å². The molecule has 0 bridgehead atoms. The zero-order valence-electron chi connectivity index (χ0n) is 14.7. The molecule has 1 atom stereocenters. The Labute approximate surface area is 151 Å². The fraction of sp³-hybridized carbons (Fsp3) is 0.500. The molecule has 2 fully saturated rings. The summed E-state index contributed by atoms with van der Waals surface area (Å²) in [6.45, 7) is 3.25. The second-order valence-corrected chi connectivity index (χ2v) is 7.00. The number of rotatable bonds is 5. The van der Waals surface area contributed by atoms with E-state index < -0.39 is 17.5 Å². The highest BCUT2D eigenvalue weighted by atomic mass is 19.1. The average Bonchev–Trinajstić information content (AvgIpc) is 2.86. The van der Waals surface area contributed by atoms with E-state index in [1.807, 2.05) is 4.90 Å². The van der Waals surface area contributed by atoms with Crippen molar-refractivity contribution < 1.29 is 18.8 Å². The minimum absolute atomic E-state index is 0.0275. The maximum absolute atomic E-state index is 14.4. The van der Waals surface area contributed by atoms with Crippen LogP contribution in [0.3, 0.4) is 0 Å². The van der Waals surface area contributed by atoms with Gasteiger partial charge in [0.1, 0.15) is 11.4 Å². The number of hydrogen-bond donors (Lipinski definition) is 3. The van der Waals surface area contributed by atoms with Crippen molar-refractivity contribution in [3.8, 4) is 0 Å². The first-order valence-electron chi connectivity index (χ1n) is 8.85. The van der Waals surface area contributed by atoms with Crippen molar-refractivity contribution in [1.82, 2.24) is 10.6 Å². The lowest BCUT2D eigenvalue weighted by molar-refractivity contribution is -0.124. The zero-order chi connectivity index (χ0) is 18.7. The molecular weight excluding hydrogens is 339 g/mol. The number of nitrogens with zero attached hydrogens (tertiary/aromatic N) is 1. The molecule has 1 aromatic rings. The molecule has 0 unspecified atom stereocenters. The molecule has 8 heteroatoms. The number of amides is 4. The third-order valence-electron chi connectivity index (χ3n) is 4.90. The molecule has 4 amide bonds. The van der Waals surface area contributed by atoms with Crippen molar-refractivity contribution in [2.75, 3.05) is 23.3 Å². The van der Waals surface area contributed by atoms with E-state index in [-0.39, 0.29) is 24.6 Å². The van der Waals surface area contributed by atoms with Crippen molar-refractivity contribution >= 4 is 29.2 Å². The second-order valence-electron chi connectivity index (χ2n) is 7.00. The number of benzene rings is 1. The minimum Gasteiger partial charge on any atom is -0.369 e. The molecule has 1 aromatic carbocycles. The van der Waals surface area contributed by atoms with E-state index in [0.29, 0.717) is 11.4 Å². The van der Waals surface area contributed by atoms with E-state index >= 15 is 0 Å². The minimum atomic E-state index is -1.10. The zero-order valence-corrected chi connectivity index (χ0v) is 14.7. The summed E-state index contributed by atoms with van der Waals surface area (Å²) in [5, 5.41) is 7.30. The molecule has 0 saturated carbocycles. The van der Waals surface area contributed by atoms with Gasteiger partial charge in [0.2, 0.25) is 5.91 Å². The highest BCUT2D eigenvalue weighted by Gasteiger charge is 2.41. The Morgan fingerprint density at radius 1 is 1.27 bits per heavy atom. The standard InChI is InChI=1S/C18H23FN4O3/c1-18(16(25)21-17(26)22-18)8-7-15(24)20-12-5-6-14(13(19)11-12)23-9-3-2-4-10-23/h5-6,11H,2-4,7-10H2,1H3,(H,20,24)(H2,21,22,25,26)/t18-/m0/s1. The largest absolute Gasteiger partial charge is 0.369 e. The molecule has 0 aliphatic carbocycles. The molecule has 7 nitrogen and oxygen atoms in total. The van der Waals surface area contributed by atoms with Crippen LogP contribution in [0.4, 0.5) is 20.6 Å². The van der Waals surface area contributed by atoms with Gasteiger partial charge in [0.25, 0.3) is 5.91 Å². The number of imide groups is 1. The quantitative estimate of drug-likeness (QED) is 0.700. The van der Waals surface area contributed by atoms with Crippen LogP contribution in [0, 0.1) is 5.82 Å². The number of anilines is 2. The molecule has 2 saturated heterocycles. The molecule has 2 aliphatic heterocycles. The highest BCUT2D eigenvalue weighted by Crippen LogP contribution is 2.26. The summed E-state index contributed by atoms with van der Waals surface area (Å²) < 4.78 is 14.4. The SMILES string of the molecule is C[C@@]1(CCC(=O)Nc2ccc(N3CCCCC3)c(F)c2)NC(=O)NC1=O. The predicted octanol–water partition coefficient (Wildman–Crippen LogP) is 2.13. The topological polar surface area (TPSA) is 90.5 Å². The Morgan fingerprint density at radius 2 is 2.00 bits per heavy atom. The normalized spacial score (nSPS) is 22.8. The molecule has 3 rings (SSSR count). The smallest absolute Gasteiger partial charge is 0.322 e. The van der Waals surface area contributed by atoms with Crippen LogP contribution < -0.4 is 20.9 Å². The summed E-state index contributed by atoms with van der Waals surface area (Å²) in [5.74, 6) is -1.16. The number of carbonyl (C=O) groups is 3. The fourth-order valence-corrected chi connectivity index (χ4v) is 3.32. The van der Waals surface area contributed by atoms with Crippen molar-refractivity contribution in [3.05, 3.63) is 24.0 Å². The van der Waals surface area contributed by atoms with Crippen LogP contribution in [0.2, 0.25) is 0 Å². The van der Waals surface area contributed by atoms with Crippen LogP contribution in [-0.2, 0) is 9.59 Å². The van der Waals surface area contributed by atoms with Gasteiger partial charge in [0, 0.05) is 25.2 Å². The van der Waals surface area contributed by atoms with E-state index in [4.69, 9.17) is 0 Å². The average molecular weight is 362 g/mol. The highest BCUT2D eigenvalue weighted by molar-refractivity contribution is 6.07. The summed E-state index contributed by atoms with van der Waals surface area (Å²) in [6.07, 6.45) is 3.47. The van der Waals surface area contributed by atoms with Gasteiger partial charge in [-0.2, -0.15) is 0 Å². The van der Waals surface area contributed by atoms with Crippen molar-refractivity contribution in [3.63, 3.8) is 0 Å². The van der Waals surface area contributed by atoms with Gasteiger partial charge in [-0.3, -0.25) is 14.9 Å². The van der Waals surface area contributed by atoms with Crippen LogP contribution in [-0.4, -0.2) is 36.5 Å². The number of carbonyl (C=O) groups excluding carboxylic acids is 3.